The molecule has 64 valence electrons. The zero-order chi connectivity index (χ0) is 8.10. The second kappa shape index (κ2) is 5.45. The Kier molecular flexibility index (Phi) is 4.91. The summed E-state index contributed by atoms with van der Waals surface area (Å²) in [5, 5.41) is 8.33. The summed E-state index contributed by atoms with van der Waals surface area (Å²) in [6, 6.07) is 9.72. The number of rotatable bonds is 2. The Balaban J connectivity index is 0.00000121. The Morgan fingerprint density at radius 1 is 1.33 bits per heavy atom. The van der Waals surface area contributed by atoms with Gasteiger partial charge in [0.1, 0.15) is 0 Å². The van der Waals surface area contributed by atoms with Gasteiger partial charge in [0.15, 0.2) is 0 Å². The molecule has 2 N–H and O–H groups in total. The molecule has 1 rings (SSSR count). The molecule has 12 heavy (non-hydrogen) atoms. The van der Waals surface area contributed by atoms with Crippen LogP contribution in [0.2, 0.25) is 0 Å². The highest BCUT2D eigenvalue weighted by Crippen LogP contribution is 2.11. The molecular formula is C9H11ClN2. The molecule has 0 fully saturated rings. The van der Waals surface area contributed by atoms with Crippen molar-refractivity contribution in [3.05, 3.63) is 29.8 Å². The predicted octanol–water partition coefficient (Wildman–Crippen LogP) is 2.15. The molecule has 3 heteroatoms. The zero-order valence-corrected chi connectivity index (χ0v) is 7.47. The molecule has 0 aromatic heterocycles. The summed E-state index contributed by atoms with van der Waals surface area (Å²) in [6.07, 6.45) is 1.29. The number of anilines is 1. The molecule has 0 atom stereocenters. The maximum atomic E-state index is 8.33. The SMILES string of the molecule is Cl.N#CCCc1ccccc1N. The van der Waals surface area contributed by atoms with E-state index in [9.17, 15) is 0 Å². The lowest BCUT2D eigenvalue weighted by Crippen LogP contribution is -1.92. The fraction of sp³-hybridized carbons (Fsp3) is 0.222. The van der Waals surface area contributed by atoms with E-state index < -0.39 is 0 Å². The minimum absolute atomic E-state index is 0. The second-order valence-electron chi connectivity index (χ2n) is 2.36. The molecule has 0 radical (unpaired) electrons. The van der Waals surface area contributed by atoms with Crippen LogP contribution in [0, 0.1) is 11.3 Å². The molecule has 2 nitrogen and oxygen atoms in total. The average molecular weight is 183 g/mol. The standard InChI is InChI=1S/C9H10N2.ClH/c10-7-3-5-8-4-1-2-6-9(8)11;/h1-2,4,6H,3,5,11H2;1H. The van der Waals surface area contributed by atoms with Crippen molar-refractivity contribution in [3.8, 4) is 6.07 Å². The van der Waals surface area contributed by atoms with E-state index in [1.165, 1.54) is 0 Å². The van der Waals surface area contributed by atoms with E-state index in [1.807, 2.05) is 24.3 Å². The number of benzene rings is 1. The minimum atomic E-state index is 0. The third-order valence-corrected chi connectivity index (χ3v) is 1.56. The normalized spacial score (nSPS) is 8.25. The van der Waals surface area contributed by atoms with E-state index in [-0.39, 0.29) is 12.4 Å². The van der Waals surface area contributed by atoms with Gasteiger partial charge in [-0.25, -0.2) is 0 Å². The van der Waals surface area contributed by atoms with Gasteiger partial charge in [0.2, 0.25) is 0 Å². The van der Waals surface area contributed by atoms with Crippen molar-refractivity contribution in [2.24, 2.45) is 0 Å². The number of hydrogen-bond acceptors (Lipinski definition) is 2. The summed E-state index contributed by atoms with van der Waals surface area (Å²) < 4.78 is 0. The predicted molar refractivity (Wildman–Crippen MR) is 52.0 cm³/mol. The van der Waals surface area contributed by atoms with Gasteiger partial charge in [-0.2, -0.15) is 5.26 Å². The average Bonchev–Trinajstić information content (AvgIpc) is 2.03. The summed E-state index contributed by atoms with van der Waals surface area (Å²) in [5.74, 6) is 0. The number of nitrogens with two attached hydrogens (primary N) is 1. The molecule has 0 amide bonds. The number of halogens is 1. The van der Waals surface area contributed by atoms with Crippen molar-refractivity contribution in [1.82, 2.24) is 0 Å². The van der Waals surface area contributed by atoms with Gasteiger partial charge >= 0.3 is 0 Å². The van der Waals surface area contributed by atoms with Crippen molar-refractivity contribution in [2.75, 3.05) is 5.73 Å². The molecule has 0 bridgehead atoms. The van der Waals surface area contributed by atoms with Gasteiger partial charge in [-0.1, -0.05) is 18.2 Å². The third kappa shape index (κ3) is 2.81. The van der Waals surface area contributed by atoms with E-state index >= 15 is 0 Å². The second-order valence-corrected chi connectivity index (χ2v) is 2.36. The molecule has 0 unspecified atom stereocenters. The third-order valence-electron chi connectivity index (χ3n) is 1.56. The van der Waals surface area contributed by atoms with Crippen LogP contribution in [0.4, 0.5) is 5.69 Å². The van der Waals surface area contributed by atoms with Crippen LogP contribution in [0.25, 0.3) is 0 Å². The van der Waals surface area contributed by atoms with Crippen LogP contribution in [0.15, 0.2) is 24.3 Å². The van der Waals surface area contributed by atoms with E-state index in [0.717, 1.165) is 17.7 Å². The highest BCUT2D eigenvalue weighted by molar-refractivity contribution is 5.85. The summed E-state index contributed by atoms with van der Waals surface area (Å²) in [4.78, 5) is 0. The van der Waals surface area contributed by atoms with Crippen molar-refractivity contribution in [2.45, 2.75) is 12.8 Å². The van der Waals surface area contributed by atoms with E-state index in [2.05, 4.69) is 6.07 Å². The lowest BCUT2D eigenvalue weighted by molar-refractivity contribution is 1.01. The highest BCUT2D eigenvalue weighted by atomic mass is 35.5. The molecule has 1 aromatic rings. The summed E-state index contributed by atoms with van der Waals surface area (Å²) in [6.45, 7) is 0. The number of para-hydroxylation sites is 1. The first-order valence-electron chi connectivity index (χ1n) is 3.55. The summed E-state index contributed by atoms with van der Waals surface area (Å²) in [7, 11) is 0. The van der Waals surface area contributed by atoms with Gasteiger partial charge in [0, 0.05) is 12.1 Å². The van der Waals surface area contributed by atoms with Crippen molar-refractivity contribution < 1.29 is 0 Å². The van der Waals surface area contributed by atoms with Crippen molar-refractivity contribution >= 4 is 18.1 Å². The molecule has 0 aliphatic rings. The maximum absolute atomic E-state index is 8.33. The molecule has 0 aliphatic carbocycles. The summed E-state index contributed by atoms with van der Waals surface area (Å²) >= 11 is 0. The highest BCUT2D eigenvalue weighted by Gasteiger charge is 1.95. The van der Waals surface area contributed by atoms with Gasteiger partial charge in [0.05, 0.1) is 6.07 Å². The van der Waals surface area contributed by atoms with Gasteiger partial charge < -0.3 is 5.73 Å². The quantitative estimate of drug-likeness (QED) is 0.713. The smallest absolute Gasteiger partial charge is 0.0625 e. The lowest BCUT2D eigenvalue weighted by Gasteiger charge is -2.00. The fourth-order valence-corrected chi connectivity index (χ4v) is 0.952. The van der Waals surface area contributed by atoms with E-state index in [4.69, 9.17) is 11.0 Å². The van der Waals surface area contributed by atoms with Crippen LogP contribution in [-0.2, 0) is 6.42 Å². The minimum Gasteiger partial charge on any atom is -0.399 e. The first kappa shape index (κ1) is 10.8. The zero-order valence-electron chi connectivity index (χ0n) is 6.66. The lowest BCUT2D eigenvalue weighted by atomic mass is 10.1. The van der Waals surface area contributed by atoms with E-state index in [1.54, 1.807) is 0 Å². The Labute approximate surface area is 78.4 Å². The van der Waals surface area contributed by atoms with Crippen LogP contribution >= 0.6 is 12.4 Å². The number of hydrogen-bond donors (Lipinski definition) is 1. The summed E-state index contributed by atoms with van der Waals surface area (Å²) in [5.41, 5.74) is 7.50. The number of nitrogens with zero attached hydrogens (tertiary/aromatic N) is 1. The molecule has 0 saturated carbocycles. The van der Waals surface area contributed by atoms with Crippen LogP contribution in [0.1, 0.15) is 12.0 Å². The van der Waals surface area contributed by atoms with Gasteiger partial charge in [-0.15, -0.1) is 12.4 Å². The largest absolute Gasteiger partial charge is 0.399 e. The molecular weight excluding hydrogens is 172 g/mol. The number of aryl methyl sites for hydroxylation is 1. The van der Waals surface area contributed by atoms with Crippen LogP contribution in [-0.4, -0.2) is 0 Å². The molecule has 0 heterocycles. The maximum Gasteiger partial charge on any atom is 0.0625 e. The van der Waals surface area contributed by atoms with Crippen LogP contribution < -0.4 is 5.73 Å². The monoisotopic (exact) mass is 182 g/mol. The number of nitriles is 1. The van der Waals surface area contributed by atoms with Gasteiger partial charge in [-0.05, 0) is 18.1 Å². The Morgan fingerprint density at radius 3 is 2.58 bits per heavy atom. The van der Waals surface area contributed by atoms with Crippen LogP contribution in [0.5, 0.6) is 0 Å². The Hall–Kier alpha value is -1.20. The first-order chi connectivity index (χ1) is 5.34. The topological polar surface area (TPSA) is 49.8 Å². The van der Waals surface area contributed by atoms with Crippen LogP contribution in [0.3, 0.4) is 0 Å². The Bertz CT molecular complexity index is 278. The van der Waals surface area contributed by atoms with E-state index in [0.29, 0.717) is 6.42 Å². The Morgan fingerprint density at radius 2 is 2.00 bits per heavy atom. The van der Waals surface area contributed by atoms with Crippen molar-refractivity contribution in [1.29, 1.82) is 5.26 Å². The molecule has 1 aromatic carbocycles. The fourth-order valence-electron chi connectivity index (χ4n) is 0.952. The molecule has 0 saturated heterocycles. The van der Waals surface area contributed by atoms with Crippen molar-refractivity contribution in [3.63, 3.8) is 0 Å². The van der Waals surface area contributed by atoms with Gasteiger partial charge in [-0.3, -0.25) is 0 Å². The first-order valence-corrected chi connectivity index (χ1v) is 3.55. The molecule has 0 spiro atoms. The molecule has 0 aliphatic heterocycles. The van der Waals surface area contributed by atoms with Gasteiger partial charge in [0.25, 0.3) is 0 Å². The number of nitrogen functional groups attached to an aromatic ring is 1.